The number of rotatable bonds is 6. The number of halogens is 1. The van der Waals surface area contributed by atoms with Gasteiger partial charge in [-0.1, -0.05) is 31.0 Å². The molecule has 1 aromatic carbocycles. The molecule has 17 heavy (non-hydrogen) atoms. The molecule has 0 spiro atoms. The van der Waals surface area contributed by atoms with Gasteiger partial charge in [0.2, 0.25) is 0 Å². The molecule has 0 amide bonds. The highest BCUT2D eigenvalue weighted by atomic mass is 35.5. The highest BCUT2D eigenvalue weighted by Gasteiger charge is 2.14. The normalized spacial score (nSPS) is 12.5. The molecular formula is C14H23ClN2. The van der Waals surface area contributed by atoms with E-state index in [0.717, 1.165) is 11.4 Å². The van der Waals surface area contributed by atoms with Gasteiger partial charge in [-0.3, -0.25) is 0 Å². The standard InChI is InChI=1S/C14H23ClN2/c1-4-6-11(2)17(3)14-8-5-7-13(15)12(14)9-10-16/h5,7-8,11H,4,6,9-10,16H2,1-3H3. The van der Waals surface area contributed by atoms with Crippen LogP contribution in [0.15, 0.2) is 18.2 Å². The van der Waals surface area contributed by atoms with Gasteiger partial charge in [0.05, 0.1) is 0 Å². The van der Waals surface area contributed by atoms with Crippen molar-refractivity contribution in [2.75, 3.05) is 18.5 Å². The molecule has 0 bridgehead atoms. The van der Waals surface area contributed by atoms with E-state index in [1.165, 1.54) is 24.1 Å². The summed E-state index contributed by atoms with van der Waals surface area (Å²) in [5.74, 6) is 0. The van der Waals surface area contributed by atoms with Gasteiger partial charge in [0, 0.05) is 23.8 Å². The van der Waals surface area contributed by atoms with Crippen molar-refractivity contribution >= 4 is 17.3 Å². The molecule has 0 aromatic heterocycles. The van der Waals surface area contributed by atoms with Crippen molar-refractivity contribution in [2.45, 2.75) is 39.2 Å². The number of anilines is 1. The average molecular weight is 255 g/mol. The Balaban J connectivity index is 2.99. The van der Waals surface area contributed by atoms with Crippen molar-refractivity contribution in [3.05, 3.63) is 28.8 Å². The SMILES string of the molecule is CCCC(C)N(C)c1cccc(Cl)c1CCN. The molecule has 3 heteroatoms. The third-order valence-corrected chi connectivity index (χ3v) is 3.59. The molecular weight excluding hydrogens is 232 g/mol. The fourth-order valence-corrected chi connectivity index (χ4v) is 2.38. The van der Waals surface area contributed by atoms with Crippen LogP contribution in [-0.2, 0) is 6.42 Å². The minimum Gasteiger partial charge on any atom is -0.372 e. The van der Waals surface area contributed by atoms with Gasteiger partial charge in [-0.2, -0.15) is 0 Å². The van der Waals surface area contributed by atoms with E-state index in [0.29, 0.717) is 12.6 Å². The lowest BCUT2D eigenvalue weighted by Gasteiger charge is -2.29. The van der Waals surface area contributed by atoms with Crippen LogP contribution in [0.1, 0.15) is 32.3 Å². The number of benzene rings is 1. The van der Waals surface area contributed by atoms with Gasteiger partial charge < -0.3 is 10.6 Å². The summed E-state index contributed by atoms with van der Waals surface area (Å²) in [5, 5.41) is 0.823. The van der Waals surface area contributed by atoms with E-state index in [1.54, 1.807) is 0 Å². The van der Waals surface area contributed by atoms with Gasteiger partial charge in [-0.05, 0) is 44.0 Å². The molecule has 1 rings (SSSR count). The summed E-state index contributed by atoms with van der Waals surface area (Å²) in [7, 11) is 2.13. The zero-order valence-electron chi connectivity index (χ0n) is 11.0. The Morgan fingerprint density at radius 2 is 2.12 bits per heavy atom. The molecule has 0 aliphatic rings. The Labute approximate surface area is 110 Å². The topological polar surface area (TPSA) is 29.3 Å². The second-order valence-electron chi connectivity index (χ2n) is 4.52. The lowest BCUT2D eigenvalue weighted by atomic mass is 10.1. The Bertz CT molecular complexity index is 352. The van der Waals surface area contributed by atoms with Gasteiger partial charge >= 0.3 is 0 Å². The number of hydrogen-bond donors (Lipinski definition) is 1. The molecule has 1 aromatic rings. The number of nitrogens with zero attached hydrogens (tertiary/aromatic N) is 1. The first-order chi connectivity index (χ1) is 8.11. The summed E-state index contributed by atoms with van der Waals surface area (Å²) in [6, 6.07) is 6.60. The predicted octanol–water partition coefficient (Wildman–Crippen LogP) is 3.47. The minimum absolute atomic E-state index is 0.523. The van der Waals surface area contributed by atoms with E-state index in [2.05, 4.69) is 31.9 Å². The van der Waals surface area contributed by atoms with Crippen LogP contribution in [0.5, 0.6) is 0 Å². The second-order valence-corrected chi connectivity index (χ2v) is 4.93. The van der Waals surface area contributed by atoms with Crippen LogP contribution in [-0.4, -0.2) is 19.6 Å². The molecule has 96 valence electrons. The highest BCUT2D eigenvalue weighted by molar-refractivity contribution is 6.31. The first-order valence-electron chi connectivity index (χ1n) is 6.32. The zero-order valence-corrected chi connectivity index (χ0v) is 11.8. The number of nitrogens with two attached hydrogens (primary N) is 1. The maximum Gasteiger partial charge on any atom is 0.0459 e. The first-order valence-corrected chi connectivity index (χ1v) is 6.69. The van der Waals surface area contributed by atoms with E-state index in [9.17, 15) is 0 Å². The maximum absolute atomic E-state index is 6.25. The van der Waals surface area contributed by atoms with Gasteiger partial charge in [0.1, 0.15) is 0 Å². The summed E-state index contributed by atoms with van der Waals surface area (Å²) in [6.07, 6.45) is 3.21. The fourth-order valence-electron chi connectivity index (χ4n) is 2.12. The Kier molecular flexibility index (Phi) is 5.79. The molecule has 0 radical (unpaired) electrons. The summed E-state index contributed by atoms with van der Waals surface area (Å²) >= 11 is 6.25. The van der Waals surface area contributed by atoms with Crippen LogP contribution in [0, 0.1) is 0 Å². The summed E-state index contributed by atoms with van der Waals surface area (Å²) in [4.78, 5) is 2.31. The molecule has 0 heterocycles. The van der Waals surface area contributed by atoms with Gasteiger partial charge in [0.15, 0.2) is 0 Å². The van der Waals surface area contributed by atoms with E-state index in [-0.39, 0.29) is 0 Å². The predicted molar refractivity (Wildman–Crippen MR) is 77.0 cm³/mol. The van der Waals surface area contributed by atoms with Crippen molar-refractivity contribution in [1.82, 2.24) is 0 Å². The van der Waals surface area contributed by atoms with Crippen LogP contribution < -0.4 is 10.6 Å². The van der Waals surface area contributed by atoms with Gasteiger partial charge in [-0.15, -0.1) is 0 Å². The smallest absolute Gasteiger partial charge is 0.0459 e. The van der Waals surface area contributed by atoms with Crippen LogP contribution in [0.25, 0.3) is 0 Å². The lowest BCUT2D eigenvalue weighted by molar-refractivity contribution is 0.614. The molecule has 2 N–H and O–H groups in total. The third-order valence-electron chi connectivity index (χ3n) is 3.24. The van der Waals surface area contributed by atoms with Crippen LogP contribution in [0.4, 0.5) is 5.69 Å². The Hall–Kier alpha value is -0.730. The largest absolute Gasteiger partial charge is 0.372 e. The molecule has 0 fully saturated rings. The van der Waals surface area contributed by atoms with Crippen LogP contribution in [0.3, 0.4) is 0 Å². The molecule has 0 saturated heterocycles. The van der Waals surface area contributed by atoms with E-state index >= 15 is 0 Å². The molecule has 2 nitrogen and oxygen atoms in total. The van der Waals surface area contributed by atoms with Crippen molar-refractivity contribution in [1.29, 1.82) is 0 Å². The van der Waals surface area contributed by atoms with E-state index < -0.39 is 0 Å². The quantitative estimate of drug-likeness (QED) is 0.842. The van der Waals surface area contributed by atoms with Crippen LogP contribution in [0.2, 0.25) is 5.02 Å². The van der Waals surface area contributed by atoms with Gasteiger partial charge in [-0.25, -0.2) is 0 Å². The van der Waals surface area contributed by atoms with Crippen molar-refractivity contribution in [2.24, 2.45) is 5.73 Å². The third kappa shape index (κ3) is 3.62. The zero-order chi connectivity index (χ0) is 12.8. The van der Waals surface area contributed by atoms with Crippen molar-refractivity contribution < 1.29 is 0 Å². The van der Waals surface area contributed by atoms with Crippen LogP contribution >= 0.6 is 11.6 Å². The Morgan fingerprint density at radius 3 is 2.71 bits per heavy atom. The minimum atomic E-state index is 0.523. The maximum atomic E-state index is 6.25. The monoisotopic (exact) mass is 254 g/mol. The summed E-state index contributed by atoms with van der Waals surface area (Å²) < 4.78 is 0. The molecule has 0 saturated carbocycles. The summed E-state index contributed by atoms with van der Waals surface area (Å²) in [6.45, 7) is 5.09. The fraction of sp³-hybridized carbons (Fsp3) is 0.571. The first kappa shape index (κ1) is 14.3. The van der Waals surface area contributed by atoms with Crippen molar-refractivity contribution in [3.63, 3.8) is 0 Å². The second kappa shape index (κ2) is 6.87. The van der Waals surface area contributed by atoms with Crippen molar-refractivity contribution in [3.8, 4) is 0 Å². The van der Waals surface area contributed by atoms with Gasteiger partial charge in [0.25, 0.3) is 0 Å². The summed E-state index contributed by atoms with van der Waals surface area (Å²) in [5.41, 5.74) is 8.04. The van der Waals surface area contributed by atoms with E-state index in [4.69, 9.17) is 17.3 Å². The molecule has 1 unspecified atom stereocenters. The lowest BCUT2D eigenvalue weighted by Crippen LogP contribution is -2.29. The highest BCUT2D eigenvalue weighted by Crippen LogP contribution is 2.29. The Morgan fingerprint density at radius 1 is 1.41 bits per heavy atom. The molecule has 1 atom stereocenters. The van der Waals surface area contributed by atoms with E-state index in [1.807, 2.05) is 12.1 Å². The molecule has 0 aliphatic heterocycles. The molecule has 0 aliphatic carbocycles. The average Bonchev–Trinajstić information content (AvgIpc) is 2.31. The number of hydrogen-bond acceptors (Lipinski definition) is 2.